The predicted molar refractivity (Wildman–Crippen MR) is 75.5 cm³/mol. The summed E-state index contributed by atoms with van der Waals surface area (Å²) in [5, 5.41) is 19.8. The van der Waals surface area contributed by atoms with Gasteiger partial charge in [-0.3, -0.25) is 9.59 Å². The lowest BCUT2D eigenvalue weighted by Gasteiger charge is -2.13. The topological polar surface area (TPSA) is 104 Å². The molecule has 0 bridgehead atoms. The van der Waals surface area contributed by atoms with Gasteiger partial charge in [0.15, 0.2) is 0 Å². The highest BCUT2D eigenvalue weighted by Gasteiger charge is 2.23. The van der Waals surface area contributed by atoms with Crippen LogP contribution in [0.5, 0.6) is 0 Å². The molecule has 1 amide bonds. The molecule has 3 N–H and O–H groups in total. The monoisotopic (exact) mass is 413 g/mol. The van der Waals surface area contributed by atoms with Gasteiger partial charge in [-0.15, -0.1) is 11.3 Å². The van der Waals surface area contributed by atoms with Crippen LogP contribution < -0.4 is 5.32 Å². The molecule has 1 atom stereocenters. The third-order valence-corrected chi connectivity index (χ3v) is 4.49. The highest BCUT2D eigenvalue weighted by molar-refractivity contribution is 9.12. The van der Waals surface area contributed by atoms with Gasteiger partial charge in [-0.2, -0.15) is 0 Å². The second kappa shape index (κ2) is 7.01. The standard InChI is InChI=1S/C10H9Br2NO5S/c11-6-3-4(8(12)19-6)9(16)13-5(10(17)18)1-2-7(14)15/h3,5H,1-2H2,(H,13,16)(H,14,15)(H,17,18)/t5-/m0/s1. The predicted octanol–water partition coefficient (Wildman–Crippen LogP) is 2.32. The summed E-state index contributed by atoms with van der Waals surface area (Å²) in [4.78, 5) is 33.2. The van der Waals surface area contributed by atoms with E-state index < -0.39 is 23.9 Å². The number of carbonyl (C=O) groups is 3. The van der Waals surface area contributed by atoms with Crippen molar-refractivity contribution in [1.29, 1.82) is 0 Å². The third kappa shape index (κ3) is 4.92. The normalized spacial score (nSPS) is 11.9. The molecule has 0 saturated carbocycles. The number of carboxylic acids is 2. The minimum absolute atomic E-state index is 0.167. The first kappa shape index (κ1) is 16.1. The molecule has 0 aliphatic heterocycles. The van der Waals surface area contributed by atoms with E-state index in [9.17, 15) is 14.4 Å². The van der Waals surface area contributed by atoms with E-state index in [0.717, 1.165) is 3.79 Å². The Kier molecular flexibility index (Phi) is 5.95. The first-order chi connectivity index (χ1) is 8.81. The van der Waals surface area contributed by atoms with Crippen molar-refractivity contribution in [3.63, 3.8) is 0 Å². The lowest BCUT2D eigenvalue weighted by Crippen LogP contribution is -2.41. The van der Waals surface area contributed by atoms with Crippen molar-refractivity contribution in [3.8, 4) is 0 Å². The quantitative estimate of drug-likeness (QED) is 0.662. The van der Waals surface area contributed by atoms with Crippen LogP contribution >= 0.6 is 43.2 Å². The minimum Gasteiger partial charge on any atom is -0.481 e. The lowest BCUT2D eigenvalue weighted by atomic mass is 10.1. The van der Waals surface area contributed by atoms with Crippen LogP contribution in [0.2, 0.25) is 0 Å². The highest BCUT2D eigenvalue weighted by atomic mass is 79.9. The number of carboxylic acid groups (broad SMARTS) is 2. The summed E-state index contributed by atoms with van der Waals surface area (Å²) < 4.78 is 1.29. The Hall–Kier alpha value is -0.930. The summed E-state index contributed by atoms with van der Waals surface area (Å²) in [5.74, 6) is -2.94. The molecule has 19 heavy (non-hydrogen) atoms. The Morgan fingerprint density at radius 2 is 1.95 bits per heavy atom. The molecule has 0 spiro atoms. The van der Waals surface area contributed by atoms with Crippen LogP contribution in [-0.2, 0) is 9.59 Å². The van der Waals surface area contributed by atoms with Gasteiger partial charge >= 0.3 is 11.9 Å². The number of amides is 1. The van der Waals surface area contributed by atoms with Gasteiger partial charge in [-0.1, -0.05) is 0 Å². The number of hydrogen-bond donors (Lipinski definition) is 3. The van der Waals surface area contributed by atoms with Gasteiger partial charge in [0.05, 0.1) is 13.1 Å². The molecule has 0 aliphatic rings. The van der Waals surface area contributed by atoms with Gasteiger partial charge in [0.25, 0.3) is 5.91 Å². The number of hydrogen-bond acceptors (Lipinski definition) is 4. The highest BCUT2D eigenvalue weighted by Crippen LogP contribution is 2.31. The van der Waals surface area contributed by atoms with Crippen molar-refractivity contribution >= 4 is 61.0 Å². The van der Waals surface area contributed by atoms with Gasteiger partial charge in [0, 0.05) is 6.42 Å². The second-order valence-electron chi connectivity index (χ2n) is 3.53. The number of carbonyl (C=O) groups excluding carboxylic acids is 1. The number of halogens is 2. The summed E-state index contributed by atoms with van der Waals surface area (Å²) in [6.07, 6.45) is -0.495. The zero-order valence-electron chi connectivity index (χ0n) is 9.35. The molecule has 0 fully saturated rings. The van der Waals surface area contributed by atoms with E-state index in [1.807, 2.05) is 0 Å². The Bertz CT molecular complexity index is 516. The van der Waals surface area contributed by atoms with E-state index in [0.29, 0.717) is 9.35 Å². The zero-order chi connectivity index (χ0) is 14.6. The summed E-state index contributed by atoms with van der Waals surface area (Å²) >= 11 is 7.69. The fourth-order valence-corrected chi connectivity index (χ4v) is 4.05. The SMILES string of the molecule is O=C(O)CC[C@H](NC(=O)c1cc(Br)sc1Br)C(=O)O. The largest absolute Gasteiger partial charge is 0.481 e. The molecule has 1 rings (SSSR count). The number of aliphatic carboxylic acids is 2. The maximum atomic E-state index is 11.9. The lowest BCUT2D eigenvalue weighted by molar-refractivity contribution is -0.140. The number of rotatable bonds is 6. The maximum Gasteiger partial charge on any atom is 0.326 e. The molecule has 1 heterocycles. The van der Waals surface area contributed by atoms with E-state index in [4.69, 9.17) is 10.2 Å². The molecular formula is C10H9Br2NO5S. The van der Waals surface area contributed by atoms with E-state index in [2.05, 4.69) is 37.2 Å². The molecular weight excluding hydrogens is 406 g/mol. The van der Waals surface area contributed by atoms with E-state index in [1.54, 1.807) is 6.07 Å². The van der Waals surface area contributed by atoms with Crippen LogP contribution in [0.3, 0.4) is 0 Å². The van der Waals surface area contributed by atoms with Crippen LogP contribution in [0.15, 0.2) is 13.6 Å². The van der Waals surface area contributed by atoms with Crippen LogP contribution in [0.4, 0.5) is 0 Å². The summed E-state index contributed by atoms with van der Waals surface area (Å²) in [6, 6.07) is 0.328. The zero-order valence-corrected chi connectivity index (χ0v) is 13.3. The van der Waals surface area contributed by atoms with Gasteiger partial charge in [0.2, 0.25) is 0 Å². The molecule has 104 valence electrons. The Balaban J connectivity index is 2.74. The average molecular weight is 415 g/mol. The molecule has 9 heteroatoms. The smallest absolute Gasteiger partial charge is 0.326 e. The number of thiophene rings is 1. The molecule has 1 aromatic heterocycles. The summed E-state index contributed by atoms with van der Waals surface area (Å²) in [6.45, 7) is 0. The average Bonchev–Trinajstić information content (AvgIpc) is 2.62. The van der Waals surface area contributed by atoms with Crippen LogP contribution in [0, 0.1) is 0 Å². The number of nitrogens with one attached hydrogen (secondary N) is 1. The molecule has 0 unspecified atom stereocenters. The first-order valence-electron chi connectivity index (χ1n) is 5.01. The van der Waals surface area contributed by atoms with Crippen molar-refractivity contribution in [2.75, 3.05) is 0 Å². The molecule has 0 aromatic carbocycles. The van der Waals surface area contributed by atoms with E-state index >= 15 is 0 Å². The van der Waals surface area contributed by atoms with Crippen molar-refractivity contribution in [2.45, 2.75) is 18.9 Å². The minimum atomic E-state index is -1.26. The van der Waals surface area contributed by atoms with E-state index in [1.165, 1.54) is 11.3 Å². The van der Waals surface area contributed by atoms with Crippen molar-refractivity contribution in [3.05, 3.63) is 19.2 Å². The van der Waals surface area contributed by atoms with Crippen LogP contribution in [0.25, 0.3) is 0 Å². The Morgan fingerprint density at radius 3 is 2.37 bits per heavy atom. The van der Waals surface area contributed by atoms with Crippen molar-refractivity contribution < 1.29 is 24.6 Å². The second-order valence-corrected chi connectivity index (χ2v) is 7.28. The molecule has 0 radical (unpaired) electrons. The van der Waals surface area contributed by atoms with E-state index in [-0.39, 0.29) is 12.8 Å². The van der Waals surface area contributed by atoms with Crippen molar-refractivity contribution in [2.24, 2.45) is 0 Å². The van der Waals surface area contributed by atoms with Gasteiger partial charge < -0.3 is 15.5 Å². The van der Waals surface area contributed by atoms with Crippen LogP contribution in [-0.4, -0.2) is 34.1 Å². The molecule has 1 aromatic rings. The fraction of sp³-hybridized carbons (Fsp3) is 0.300. The van der Waals surface area contributed by atoms with Gasteiger partial charge in [-0.25, -0.2) is 4.79 Å². The Labute approximate surface area is 129 Å². The van der Waals surface area contributed by atoms with Crippen LogP contribution in [0.1, 0.15) is 23.2 Å². The fourth-order valence-electron chi connectivity index (χ4n) is 1.26. The summed E-state index contributed by atoms with van der Waals surface area (Å²) in [7, 11) is 0. The Morgan fingerprint density at radius 1 is 1.32 bits per heavy atom. The van der Waals surface area contributed by atoms with Gasteiger partial charge in [-0.05, 0) is 44.3 Å². The first-order valence-corrected chi connectivity index (χ1v) is 7.41. The molecule has 6 nitrogen and oxygen atoms in total. The van der Waals surface area contributed by atoms with Crippen molar-refractivity contribution in [1.82, 2.24) is 5.32 Å². The maximum absolute atomic E-state index is 11.9. The van der Waals surface area contributed by atoms with Gasteiger partial charge in [0.1, 0.15) is 6.04 Å². The summed E-state index contributed by atoms with van der Waals surface area (Å²) in [5.41, 5.74) is 0.304. The molecule has 0 saturated heterocycles. The molecule has 0 aliphatic carbocycles. The third-order valence-electron chi connectivity index (χ3n) is 2.15.